The number of rotatable bonds is 5. The highest BCUT2D eigenvalue weighted by molar-refractivity contribution is 9.10. The van der Waals surface area contributed by atoms with Crippen molar-refractivity contribution in [3.05, 3.63) is 12.2 Å². The van der Waals surface area contributed by atoms with Gasteiger partial charge in [0.25, 0.3) is 0 Å². The van der Waals surface area contributed by atoms with E-state index in [1.54, 1.807) is 0 Å². The second-order valence-corrected chi connectivity index (χ2v) is 4.70. The Morgan fingerprint density at radius 1 is 1.79 bits per heavy atom. The first-order valence-corrected chi connectivity index (χ1v) is 5.68. The Morgan fingerprint density at radius 2 is 2.50 bits per heavy atom. The molecule has 0 radical (unpaired) electrons. The molecular weight excluding hydrogens is 246 g/mol. The first kappa shape index (κ1) is 11.7. The first-order chi connectivity index (χ1) is 6.61. The second-order valence-electron chi connectivity index (χ2n) is 3.59. The van der Waals surface area contributed by atoms with Gasteiger partial charge in [-0.2, -0.15) is 0 Å². The number of hydrogen-bond acceptors (Lipinski definition) is 2. The molecule has 1 rings (SSSR count). The van der Waals surface area contributed by atoms with Crippen molar-refractivity contribution in [2.24, 2.45) is 0 Å². The van der Waals surface area contributed by atoms with Crippen molar-refractivity contribution in [2.45, 2.75) is 18.2 Å². The Balaban J connectivity index is 2.13. The van der Waals surface area contributed by atoms with E-state index in [0.717, 1.165) is 18.5 Å². The van der Waals surface area contributed by atoms with Crippen molar-refractivity contribution in [1.82, 2.24) is 4.90 Å². The normalized spacial score (nSPS) is 21.7. The lowest BCUT2D eigenvalue weighted by atomic mass is 10.4. The molecule has 0 aliphatic carbocycles. The average molecular weight is 262 g/mol. The molecule has 1 atom stereocenters. The molecule has 0 N–H and O–H groups in total. The number of hydrogen-bond donors (Lipinski definition) is 0. The molecule has 1 aliphatic rings. The van der Waals surface area contributed by atoms with Crippen LogP contribution in [0.5, 0.6) is 0 Å². The fourth-order valence-corrected chi connectivity index (χ4v) is 1.84. The maximum atomic E-state index is 11.4. The van der Waals surface area contributed by atoms with Crippen molar-refractivity contribution in [3.63, 3.8) is 0 Å². The topological polar surface area (TPSA) is 29.5 Å². The van der Waals surface area contributed by atoms with Crippen LogP contribution in [0.1, 0.15) is 13.3 Å². The highest BCUT2D eigenvalue weighted by atomic mass is 79.9. The van der Waals surface area contributed by atoms with E-state index in [2.05, 4.69) is 22.5 Å². The van der Waals surface area contributed by atoms with Crippen molar-refractivity contribution >= 4 is 21.8 Å². The van der Waals surface area contributed by atoms with Crippen molar-refractivity contribution < 1.29 is 9.53 Å². The van der Waals surface area contributed by atoms with Crippen LogP contribution in [0, 0.1) is 0 Å². The zero-order valence-corrected chi connectivity index (χ0v) is 10.0. The molecule has 1 fully saturated rings. The Bertz CT molecular complexity index is 230. The lowest BCUT2D eigenvalue weighted by Crippen LogP contribution is -2.30. The van der Waals surface area contributed by atoms with Crippen LogP contribution in [0.25, 0.3) is 0 Å². The van der Waals surface area contributed by atoms with E-state index >= 15 is 0 Å². The van der Waals surface area contributed by atoms with Gasteiger partial charge in [0.1, 0.15) is 0 Å². The Morgan fingerprint density at radius 3 is 3.00 bits per heavy atom. The van der Waals surface area contributed by atoms with E-state index in [4.69, 9.17) is 4.74 Å². The molecule has 14 heavy (non-hydrogen) atoms. The standard InChI is InChI=1S/C10H16BrNO2/c1-8(2)7-14-6-5-12-4-3-9(11)10(12)13/h9H,1,3-7H2,2H3. The number of nitrogens with zero attached hydrogens (tertiary/aromatic N) is 1. The summed E-state index contributed by atoms with van der Waals surface area (Å²) in [5.41, 5.74) is 1.01. The van der Waals surface area contributed by atoms with Crippen molar-refractivity contribution in [1.29, 1.82) is 0 Å². The van der Waals surface area contributed by atoms with Crippen LogP contribution in [0.4, 0.5) is 0 Å². The molecule has 1 aliphatic heterocycles. The number of ether oxygens (including phenoxy) is 1. The molecule has 1 unspecified atom stereocenters. The van der Waals surface area contributed by atoms with Gasteiger partial charge in [-0.3, -0.25) is 4.79 Å². The van der Waals surface area contributed by atoms with Gasteiger partial charge in [-0.25, -0.2) is 0 Å². The predicted octanol–water partition coefficient (Wildman–Crippen LogP) is 1.57. The molecule has 1 heterocycles. The highest BCUT2D eigenvalue weighted by Gasteiger charge is 2.28. The minimum absolute atomic E-state index is 0.0173. The molecule has 0 spiro atoms. The van der Waals surface area contributed by atoms with Crippen LogP contribution in [0.15, 0.2) is 12.2 Å². The lowest BCUT2D eigenvalue weighted by Gasteiger charge is -2.15. The Hall–Kier alpha value is -0.350. The van der Waals surface area contributed by atoms with Gasteiger partial charge in [0.05, 0.1) is 18.0 Å². The minimum Gasteiger partial charge on any atom is -0.375 e. The number of carbonyl (C=O) groups excluding carboxylic acids is 1. The SMILES string of the molecule is C=C(C)COCCN1CCC(Br)C1=O. The summed E-state index contributed by atoms with van der Waals surface area (Å²) in [5.74, 6) is 0.184. The van der Waals surface area contributed by atoms with Gasteiger partial charge < -0.3 is 9.64 Å². The predicted molar refractivity (Wildman–Crippen MR) is 59.5 cm³/mol. The van der Waals surface area contributed by atoms with Crippen molar-refractivity contribution in [2.75, 3.05) is 26.3 Å². The van der Waals surface area contributed by atoms with E-state index in [-0.39, 0.29) is 10.7 Å². The van der Waals surface area contributed by atoms with Crippen LogP contribution in [-0.2, 0) is 9.53 Å². The van der Waals surface area contributed by atoms with Gasteiger partial charge in [0.15, 0.2) is 0 Å². The van der Waals surface area contributed by atoms with Crippen molar-refractivity contribution in [3.8, 4) is 0 Å². The van der Waals surface area contributed by atoms with Gasteiger partial charge in [0, 0.05) is 13.1 Å². The second kappa shape index (κ2) is 5.51. The molecule has 80 valence electrons. The third kappa shape index (κ3) is 3.42. The monoisotopic (exact) mass is 261 g/mol. The molecule has 0 aromatic carbocycles. The number of amides is 1. The first-order valence-electron chi connectivity index (χ1n) is 4.76. The maximum Gasteiger partial charge on any atom is 0.236 e. The van der Waals surface area contributed by atoms with E-state index in [9.17, 15) is 4.79 Å². The zero-order chi connectivity index (χ0) is 10.6. The molecule has 0 saturated carbocycles. The molecular formula is C10H16BrNO2. The smallest absolute Gasteiger partial charge is 0.236 e. The summed E-state index contributed by atoms with van der Waals surface area (Å²) in [7, 11) is 0. The highest BCUT2D eigenvalue weighted by Crippen LogP contribution is 2.17. The Kier molecular flexibility index (Phi) is 4.62. The fourth-order valence-electron chi connectivity index (χ4n) is 1.34. The summed E-state index contributed by atoms with van der Waals surface area (Å²) in [6.45, 7) is 8.37. The molecule has 3 nitrogen and oxygen atoms in total. The molecule has 4 heteroatoms. The van der Waals surface area contributed by atoms with Gasteiger partial charge in [-0.15, -0.1) is 0 Å². The van der Waals surface area contributed by atoms with E-state index in [1.165, 1.54) is 0 Å². The van der Waals surface area contributed by atoms with E-state index in [0.29, 0.717) is 19.8 Å². The van der Waals surface area contributed by atoms with Gasteiger partial charge in [0.2, 0.25) is 5.91 Å². The number of alkyl halides is 1. The molecule has 0 bridgehead atoms. The minimum atomic E-state index is 0.0173. The fraction of sp³-hybridized carbons (Fsp3) is 0.700. The third-order valence-corrected chi connectivity index (χ3v) is 2.94. The Labute approximate surface area is 93.2 Å². The van der Waals surface area contributed by atoms with Gasteiger partial charge in [-0.05, 0) is 13.3 Å². The molecule has 1 amide bonds. The number of halogens is 1. The number of carbonyl (C=O) groups is 1. The largest absolute Gasteiger partial charge is 0.375 e. The summed E-state index contributed by atoms with van der Waals surface area (Å²) in [5, 5.41) is 0. The summed E-state index contributed by atoms with van der Waals surface area (Å²) in [6.07, 6.45) is 0.902. The van der Waals surface area contributed by atoms with Crippen LogP contribution in [0.3, 0.4) is 0 Å². The molecule has 1 saturated heterocycles. The average Bonchev–Trinajstić information content (AvgIpc) is 2.43. The van der Waals surface area contributed by atoms with Gasteiger partial charge >= 0.3 is 0 Å². The van der Waals surface area contributed by atoms with Crippen LogP contribution in [-0.4, -0.2) is 41.9 Å². The van der Waals surface area contributed by atoms with Crippen LogP contribution < -0.4 is 0 Å². The van der Waals surface area contributed by atoms with Crippen LogP contribution in [0.2, 0.25) is 0 Å². The zero-order valence-electron chi connectivity index (χ0n) is 8.46. The summed E-state index contributed by atoms with van der Waals surface area (Å²) < 4.78 is 5.33. The molecule has 0 aromatic rings. The summed E-state index contributed by atoms with van der Waals surface area (Å²) in [6, 6.07) is 0. The van der Waals surface area contributed by atoms with Gasteiger partial charge in [-0.1, -0.05) is 28.1 Å². The summed E-state index contributed by atoms with van der Waals surface area (Å²) >= 11 is 3.33. The maximum absolute atomic E-state index is 11.4. The van der Waals surface area contributed by atoms with E-state index < -0.39 is 0 Å². The molecule has 0 aromatic heterocycles. The van der Waals surface area contributed by atoms with Crippen LogP contribution >= 0.6 is 15.9 Å². The number of likely N-dealkylation sites (tertiary alicyclic amines) is 1. The lowest BCUT2D eigenvalue weighted by molar-refractivity contribution is -0.127. The summed E-state index contributed by atoms with van der Waals surface area (Å²) in [4.78, 5) is 13.3. The quantitative estimate of drug-likeness (QED) is 0.427. The third-order valence-electron chi connectivity index (χ3n) is 2.09. The van der Waals surface area contributed by atoms with E-state index in [1.807, 2.05) is 11.8 Å².